The Hall–Kier alpha value is 1.06. The first kappa shape index (κ1) is 61.0. The molecule has 0 atom stereocenters. The molecule has 7 radical (unpaired) electrons. The maximum atomic E-state index is 4.00. The molecule has 33 valence electrons. The summed E-state index contributed by atoms with van der Waals surface area (Å²) in [6, 6.07) is 0. The van der Waals surface area contributed by atoms with Crippen LogP contribution in [0.2, 0.25) is 0 Å². The lowest BCUT2D eigenvalue weighted by molar-refractivity contribution is 4.75. The van der Waals surface area contributed by atoms with Gasteiger partial charge in [0.05, 0.1) is 0 Å². The number of rotatable bonds is 0. The molecule has 0 aliphatic heterocycles. The Morgan fingerprint density at radius 3 is 0.667 bits per heavy atom. The summed E-state index contributed by atoms with van der Waals surface area (Å²) >= 11 is 0. The molecular weight excluding hydrogens is 139 g/mol. The molecule has 0 fully saturated rings. The zero-order valence-corrected chi connectivity index (χ0v) is 5.41. The Morgan fingerprint density at radius 2 is 0.667 bits per heavy atom. The maximum Gasteiger partial charge on any atom is 0 e. The third-order valence-electron chi connectivity index (χ3n) is 0. The Morgan fingerprint density at radius 1 is 0.667 bits per heavy atom. The van der Waals surface area contributed by atoms with Crippen molar-refractivity contribution < 1.29 is 0 Å². The molecule has 0 bridgehead atoms. The Balaban J connectivity index is -0.000000000833. The van der Waals surface area contributed by atoms with Crippen LogP contribution in [0.1, 0.15) is 0 Å². The van der Waals surface area contributed by atoms with Crippen molar-refractivity contribution in [2.75, 3.05) is 0 Å². The molecule has 0 spiro atoms. The van der Waals surface area contributed by atoms with E-state index in [1.54, 1.807) is 0 Å². The summed E-state index contributed by atoms with van der Waals surface area (Å²) < 4.78 is 0. The second kappa shape index (κ2) is 137. The second-order valence-electron chi connectivity index (χ2n) is 0. The van der Waals surface area contributed by atoms with Gasteiger partial charge in [-0.1, -0.05) is 0 Å². The zero-order chi connectivity index (χ0) is 2.00. The van der Waals surface area contributed by atoms with Crippen LogP contribution >= 0.6 is 37.2 Å². The average molecular weight is 142 g/mol. The lowest BCUT2D eigenvalue weighted by atomic mass is 9.81. The molecule has 0 aromatic rings. The van der Waals surface area contributed by atoms with E-state index in [-0.39, 0.29) is 45.6 Å². The minimum absolute atomic E-state index is 0. The molecular formula is H3B3Cl3. The summed E-state index contributed by atoms with van der Waals surface area (Å²) in [5, 5.41) is 0. The Kier molecular flexibility index (Phi) is 1390. The molecule has 0 aromatic heterocycles. The maximum absolute atomic E-state index is 4.00. The molecule has 0 aliphatic carbocycles. The summed E-state index contributed by atoms with van der Waals surface area (Å²) in [6.07, 6.45) is 0. The van der Waals surface area contributed by atoms with Crippen LogP contribution in [0.25, 0.3) is 0 Å². The SMILES string of the molecule is Cl.Cl.Cl.[B].[B][B]. The van der Waals surface area contributed by atoms with E-state index in [2.05, 4.69) is 15.5 Å². The van der Waals surface area contributed by atoms with Crippen molar-refractivity contribution in [3.05, 3.63) is 0 Å². The van der Waals surface area contributed by atoms with Gasteiger partial charge in [0.15, 0.2) is 0 Å². The second-order valence-corrected chi connectivity index (χ2v) is 0. The highest BCUT2D eigenvalue weighted by Gasteiger charge is 1.00. The lowest BCUT2D eigenvalue weighted by Gasteiger charge is -1.00. The summed E-state index contributed by atoms with van der Waals surface area (Å²) in [5.74, 6) is 0. The summed E-state index contributed by atoms with van der Waals surface area (Å²) in [4.78, 5) is 0. The molecule has 0 N–H and O–H groups in total. The van der Waals surface area contributed by atoms with E-state index in [9.17, 15) is 0 Å². The molecule has 0 unspecified atom stereocenters. The fourth-order valence-electron chi connectivity index (χ4n) is 0. The van der Waals surface area contributed by atoms with Crippen LogP contribution in [0, 0.1) is 0 Å². The van der Waals surface area contributed by atoms with E-state index >= 15 is 0 Å². The van der Waals surface area contributed by atoms with E-state index in [4.69, 9.17) is 0 Å². The highest BCUT2D eigenvalue weighted by Crippen LogP contribution is 0.692. The van der Waals surface area contributed by atoms with Gasteiger partial charge in [0.2, 0.25) is 0 Å². The molecule has 0 nitrogen and oxygen atoms in total. The van der Waals surface area contributed by atoms with Crippen molar-refractivity contribution in [3.63, 3.8) is 0 Å². The van der Waals surface area contributed by atoms with E-state index < -0.39 is 0 Å². The molecule has 0 saturated carbocycles. The highest BCUT2D eigenvalue weighted by molar-refractivity contribution is 6.75. The van der Waals surface area contributed by atoms with Gasteiger partial charge in [-0.05, 0) is 0 Å². The molecule has 0 saturated heterocycles. The first-order valence-corrected chi connectivity index (χ1v) is 0.333. The molecule has 0 amide bonds. The number of hydrogen-bond donors (Lipinski definition) is 0. The summed E-state index contributed by atoms with van der Waals surface area (Å²) in [5.41, 5.74) is 0. The Bertz CT molecular complexity index is 6.00. The van der Waals surface area contributed by atoms with Gasteiger partial charge in [0, 0.05) is 23.9 Å². The van der Waals surface area contributed by atoms with Gasteiger partial charge in [-0.15, -0.1) is 37.2 Å². The van der Waals surface area contributed by atoms with E-state index in [0.29, 0.717) is 0 Å². The van der Waals surface area contributed by atoms with Gasteiger partial charge in [0.1, 0.15) is 0 Å². The molecule has 6 heteroatoms. The Labute approximate surface area is 61.4 Å². The van der Waals surface area contributed by atoms with Crippen LogP contribution < -0.4 is 0 Å². The van der Waals surface area contributed by atoms with Gasteiger partial charge in [-0.2, -0.15) is 0 Å². The van der Waals surface area contributed by atoms with Gasteiger partial charge >= 0.3 is 0 Å². The largest absolute Gasteiger partial charge is 0.147 e. The lowest BCUT2D eigenvalue weighted by Crippen LogP contribution is -1.38. The van der Waals surface area contributed by atoms with Crippen molar-refractivity contribution in [2.24, 2.45) is 0 Å². The first-order valence-electron chi connectivity index (χ1n) is 0.333. The van der Waals surface area contributed by atoms with Crippen LogP contribution in [-0.4, -0.2) is 23.9 Å². The van der Waals surface area contributed by atoms with Crippen molar-refractivity contribution in [3.8, 4) is 0 Å². The van der Waals surface area contributed by atoms with Crippen LogP contribution in [0.15, 0.2) is 0 Å². The first-order chi connectivity index (χ1) is 1.00. The fraction of sp³-hybridized carbons (Fsp3) is 0. The zero-order valence-electron chi connectivity index (χ0n) is 2.96. The van der Waals surface area contributed by atoms with Crippen molar-refractivity contribution >= 4 is 61.1 Å². The molecule has 6 heavy (non-hydrogen) atoms. The van der Waals surface area contributed by atoms with Gasteiger partial charge < -0.3 is 0 Å². The summed E-state index contributed by atoms with van der Waals surface area (Å²) in [6.45, 7) is 0. The third-order valence-corrected chi connectivity index (χ3v) is 0. The van der Waals surface area contributed by atoms with Crippen LogP contribution in [0.3, 0.4) is 0 Å². The smallest absolute Gasteiger partial charge is 0 e. The normalized spacial score (nSPS) is 0.667. The molecule has 0 aliphatic rings. The third kappa shape index (κ3) is 73.8. The summed E-state index contributed by atoms with van der Waals surface area (Å²) in [7, 11) is 8.00. The van der Waals surface area contributed by atoms with E-state index in [1.165, 1.54) is 0 Å². The standard InChI is InChI=1S/B2.B.3ClH/c1-2;;;;/h;;3*1H. The molecule has 0 heterocycles. The van der Waals surface area contributed by atoms with Crippen molar-refractivity contribution in [2.45, 2.75) is 0 Å². The quantitative estimate of drug-likeness (QED) is 0.421. The minimum atomic E-state index is 0. The van der Waals surface area contributed by atoms with Gasteiger partial charge in [-0.25, -0.2) is 0 Å². The predicted octanol–water partition coefficient (Wildman–Crippen LogP) is 0.123. The predicted molar refractivity (Wildman–Crippen MR) is 39.0 cm³/mol. The van der Waals surface area contributed by atoms with Crippen LogP contribution in [0.5, 0.6) is 0 Å². The van der Waals surface area contributed by atoms with Crippen LogP contribution in [-0.2, 0) is 0 Å². The fourth-order valence-corrected chi connectivity index (χ4v) is 0. The molecule has 0 rings (SSSR count). The number of hydrogen-bond acceptors (Lipinski definition) is 0. The minimum Gasteiger partial charge on any atom is -0.147 e. The van der Waals surface area contributed by atoms with Gasteiger partial charge in [0.25, 0.3) is 0 Å². The van der Waals surface area contributed by atoms with Crippen molar-refractivity contribution in [1.82, 2.24) is 0 Å². The molecule has 0 aromatic carbocycles. The topological polar surface area (TPSA) is 0 Å². The van der Waals surface area contributed by atoms with E-state index in [0.717, 1.165) is 0 Å². The monoisotopic (exact) mass is 141 g/mol. The van der Waals surface area contributed by atoms with E-state index in [1.807, 2.05) is 0 Å². The van der Waals surface area contributed by atoms with Crippen LogP contribution in [0.4, 0.5) is 0 Å². The number of halogens is 3. The average Bonchev–Trinajstić information content (AvgIpc) is 1.00. The van der Waals surface area contributed by atoms with Crippen molar-refractivity contribution in [1.29, 1.82) is 0 Å². The highest BCUT2D eigenvalue weighted by atomic mass is 35.5. The van der Waals surface area contributed by atoms with Gasteiger partial charge in [-0.3, -0.25) is 0 Å².